The largest absolute Gasteiger partial charge is 0.324 e. The van der Waals surface area contributed by atoms with E-state index in [0.717, 1.165) is 30.3 Å². The molecule has 1 fully saturated rings. The number of nitrogens with one attached hydrogen (secondary N) is 1. The number of carbonyl (C=O) groups is 1. The Hall–Kier alpha value is -1.60. The van der Waals surface area contributed by atoms with Gasteiger partial charge in [-0.25, -0.2) is 4.79 Å². The number of carbonyl (C=O) groups excluding carboxylic acids is 1. The van der Waals surface area contributed by atoms with Crippen molar-refractivity contribution in [1.82, 2.24) is 15.1 Å². The summed E-state index contributed by atoms with van der Waals surface area (Å²) in [6.07, 6.45) is 1.06. The standard InChI is InChI=1S/C15H18N4OS2/c1-11-17-18-14(22-11)16-15(20)19-8-7-12(9-19)10-21-13-5-3-2-4-6-13/h2-6,12H,7-10H2,1H3,(H,16,18,20)/t12-/m1/s1. The minimum atomic E-state index is -0.0663. The fourth-order valence-corrected chi connectivity index (χ4v) is 4.03. The number of hydrogen-bond acceptors (Lipinski definition) is 5. The molecular weight excluding hydrogens is 316 g/mol. The first kappa shape index (κ1) is 15.3. The molecular formula is C15H18N4OS2. The number of rotatable bonds is 4. The van der Waals surface area contributed by atoms with Gasteiger partial charge in [0.25, 0.3) is 0 Å². The summed E-state index contributed by atoms with van der Waals surface area (Å²) < 4.78 is 0. The minimum absolute atomic E-state index is 0.0663. The van der Waals surface area contributed by atoms with Crippen molar-refractivity contribution in [2.75, 3.05) is 24.2 Å². The van der Waals surface area contributed by atoms with E-state index in [4.69, 9.17) is 0 Å². The topological polar surface area (TPSA) is 58.1 Å². The van der Waals surface area contributed by atoms with Crippen molar-refractivity contribution in [2.24, 2.45) is 5.92 Å². The second-order valence-electron chi connectivity index (χ2n) is 5.28. The van der Waals surface area contributed by atoms with E-state index in [0.29, 0.717) is 11.0 Å². The van der Waals surface area contributed by atoms with Gasteiger partial charge in [0, 0.05) is 23.7 Å². The summed E-state index contributed by atoms with van der Waals surface area (Å²) >= 11 is 3.26. The van der Waals surface area contributed by atoms with Crippen LogP contribution in [-0.4, -0.2) is 40.0 Å². The third kappa shape index (κ3) is 3.98. The molecule has 1 saturated heterocycles. The molecule has 1 aromatic heterocycles. The van der Waals surface area contributed by atoms with Gasteiger partial charge in [0.2, 0.25) is 5.13 Å². The summed E-state index contributed by atoms with van der Waals surface area (Å²) in [6, 6.07) is 10.3. The molecule has 0 radical (unpaired) electrons. The molecule has 3 rings (SSSR count). The summed E-state index contributed by atoms with van der Waals surface area (Å²) in [5.41, 5.74) is 0. The zero-order chi connectivity index (χ0) is 15.4. The summed E-state index contributed by atoms with van der Waals surface area (Å²) in [5, 5.41) is 12.1. The summed E-state index contributed by atoms with van der Waals surface area (Å²) in [7, 11) is 0. The van der Waals surface area contributed by atoms with Gasteiger partial charge in [-0.3, -0.25) is 5.32 Å². The Morgan fingerprint density at radius 3 is 2.95 bits per heavy atom. The lowest BCUT2D eigenvalue weighted by Crippen LogP contribution is -2.33. The molecule has 2 amide bonds. The third-order valence-electron chi connectivity index (χ3n) is 3.54. The lowest BCUT2D eigenvalue weighted by atomic mass is 10.2. The molecule has 0 aliphatic carbocycles. The first-order valence-electron chi connectivity index (χ1n) is 7.24. The predicted molar refractivity (Wildman–Crippen MR) is 90.5 cm³/mol. The van der Waals surface area contributed by atoms with Crippen molar-refractivity contribution in [2.45, 2.75) is 18.2 Å². The van der Waals surface area contributed by atoms with Crippen LogP contribution in [0.1, 0.15) is 11.4 Å². The molecule has 1 atom stereocenters. The molecule has 1 aliphatic heterocycles. The quantitative estimate of drug-likeness (QED) is 0.870. The Morgan fingerprint density at radius 2 is 2.23 bits per heavy atom. The molecule has 0 spiro atoms. The second-order valence-corrected chi connectivity index (χ2v) is 7.56. The summed E-state index contributed by atoms with van der Waals surface area (Å²) in [5.74, 6) is 1.60. The normalized spacial score (nSPS) is 17.7. The maximum Gasteiger partial charge on any atom is 0.323 e. The van der Waals surface area contributed by atoms with Crippen LogP contribution >= 0.6 is 23.1 Å². The van der Waals surface area contributed by atoms with Gasteiger partial charge >= 0.3 is 6.03 Å². The van der Waals surface area contributed by atoms with Crippen molar-refractivity contribution < 1.29 is 4.79 Å². The lowest BCUT2D eigenvalue weighted by Gasteiger charge is -2.16. The number of thioether (sulfide) groups is 1. The van der Waals surface area contributed by atoms with Crippen LogP contribution in [0.2, 0.25) is 0 Å². The molecule has 116 valence electrons. The van der Waals surface area contributed by atoms with E-state index >= 15 is 0 Å². The average Bonchev–Trinajstić information content (AvgIpc) is 3.15. The van der Waals surface area contributed by atoms with Crippen molar-refractivity contribution in [3.63, 3.8) is 0 Å². The van der Waals surface area contributed by atoms with E-state index in [-0.39, 0.29) is 6.03 Å². The van der Waals surface area contributed by atoms with Gasteiger partial charge in [-0.15, -0.1) is 22.0 Å². The molecule has 22 heavy (non-hydrogen) atoms. The van der Waals surface area contributed by atoms with E-state index in [9.17, 15) is 4.79 Å². The second kappa shape index (κ2) is 7.11. The Balaban J connectivity index is 1.46. The van der Waals surface area contributed by atoms with Gasteiger partial charge in [-0.2, -0.15) is 0 Å². The fourth-order valence-electron chi connectivity index (χ4n) is 2.40. The highest BCUT2D eigenvalue weighted by Gasteiger charge is 2.26. The van der Waals surface area contributed by atoms with Gasteiger partial charge in [-0.1, -0.05) is 29.5 Å². The van der Waals surface area contributed by atoms with Crippen LogP contribution < -0.4 is 5.32 Å². The molecule has 1 N–H and O–H groups in total. The predicted octanol–water partition coefficient (Wildman–Crippen LogP) is 3.49. The number of anilines is 1. The maximum absolute atomic E-state index is 12.2. The number of nitrogens with zero attached hydrogens (tertiary/aromatic N) is 3. The number of hydrogen-bond donors (Lipinski definition) is 1. The van der Waals surface area contributed by atoms with Crippen LogP contribution in [0.3, 0.4) is 0 Å². The molecule has 7 heteroatoms. The minimum Gasteiger partial charge on any atom is -0.324 e. The molecule has 1 aliphatic rings. The van der Waals surface area contributed by atoms with Crippen LogP contribution in [0.25, 0.3) is 0 Å². The van der Waals surface area contributed by atoms with E-state index in [2.05, 4.69) is 39.8 Å². The zero-order valence-electron chi connectivity index (χ0n) is 12.4. The Labute approximate surface area is 138 Å². The molecule has 1 aromatic carbocycles. The highest BCUT2D eigenvalue weighted by Crippen LogP contribution is 2.26. The van der Waals surface area contributed by atoms with Crippen LogP contribution in [0.15, 0.2) is 35.2 Å². The van der Waals surface area contributed by atoms with Crippen LogP contribution in [0.5, 0.6) is 0 Å². The third-order valence-corrected chi connectivity index (χ3v) is 5.54. The van der Waals surface area contributed by atoms with Gasteiger partial charge in [0.15, 0.2) is 0 Å². The van der Waals surface area contributed by atoms with Gasteiger partial charge in [-0.05, 0) is 31.4 Å². The number of benzene rings is 1. The van der Waals surface area contributed by atoms with Gasteiger partial charge < -0.3 is 4.90 Å². The van der Waals surface area contributed by atoms with E-state index in [1.54, 1.807) is 0 Å². The number of aryl methyl sites for hydroxylation is 1. The highest BCUT2D eigenvalue weighted by atomic mass is 32.2. The summed E-state index contributed by atoms with van der Waals surface area (Å²) in [4.78, 5) is 15.3. The van der Waals surface area contributed by atoms with E-state index in [1.165, 1.54) is 16.2 Å². The van der Waals surface area contributed by atoms with Crippen molar-refractivity contribution in [3.8, 4) is 0 Å². The van der Waals surface area contributed by atoms with Crippen molar-refractivity contribution >= 4 is 34.3 Å². The van der Waals surface area contributed by atoms with E-state index in [1.807, 2.05) is 29.7 Å². The Bertz CT molecular complexity index is 631. The number of likely N-dealkylation sites (tertiary alicyclic amines) is 1. The summed E-state index contributed by atoms with van der Waals surface area (Å²) in [6.45, 7) is 3.49. The van der Waals surface area contributed by atoms with E-state index < -0.39 is 0 Å². The van der Waals surface area contributed by atoms with Crippen LogP contribution in [0, 0.1) is 12.8 Å². The van der Waals surface area contributed by atoms with Crippen LogP contribution in [-0.2, 0) is 0 Å². The molecule has 0 unspecified atom stereocenters. The monoisotopic (exact) mass is 334 g/mol. The smallest absolute Gasteiger partial charge is 0.323 e. The zero-order valence-corrected chi connectivity index (χ0v) is 14.0. The van der Waals surface area contributed by atoms with Crippen molar-refractivity contribution in [1.29, 1.82) is 0 Å². The average molecular weight is 334 g/mol. The molecule has 0 bridgehead atoms. The van der Waals surface area contributed by atoms with Crippen LogP contribution in [0.4, 0.5) is 9.93 Å². The highest BCUT2D eigenvalue weighted by molar-refractivity contribution is 7.99. The number of amides is 2. The Morgan fingerprint density at radius 1 is 1.41 bits per heavy atom. The number of urea groups is 1. The Kier molecular flexibility index (Phi) is 4.94. The maximum atomic E-state index is 12.2. The SMILES string of the molecule is Cc1nnc(NC(=O)N2CC[C@@H](CSc3ccccc3)C2)s1. The molecule has 5 nitrogen and oxygen atoms in total. The van der Waals surface area contributed by atoms with Crippen molar-refractivity contribution in [3.05, 3.63) is 35.3 Å². The molecule has 2 heterocycles. The first-order valence-corrected chi connectivity index (χ1v) is 9.05. The van der Waals surface area contributed by atoms with Gasteiger partial charge in [0.05, 0.1) is 0 Å². The fraction of sp³-hybridized carbons (Fsp3) is 0.400. The first-order chi connectivity index (χ1) is 10.7. The number of aromatic nitrogens is 2. The molecule has 2 aromatic rings. The van der Waals surface area contributed by atoms with Gasteiger partial charge in [0.1, 0.15) is 5.01 Å². The molecule has 0 saturated carbocycles. The lowest BCUT2D eigenvalue weighted by molar-refractivity contribution is 0.221.